The molecule has 0 aliphatic carbocycles. The smallest absolute Gasteiger partial charge is 0.175 e. The summed E-state index contributed by atoms with van der Waals surface area (Å²) in [6, 6.07) is 14.3. The van der Waals surface area contributed by atoms with E-state index in [0.717, 1.165) is 11.8 Å². The average Bonchev–Trinajstić information content (AvgIpc) is 2.90. The van der Waals surface area contributed by atoms with Crippen molar-refractivity contribution < 1.29 is 17.9 Å². The van der Waals surface area contributed by atoms with E-state index in [0.29, 0.717) is 22.3 Å². The fourth-order valence-corrected chi connectivity index (χ4v) is 2.97. The van der Waals surface area contributed by atoms with Crippen LogP contribution in [0, 0.1) is 0 Å². The summed E-state index contributed by atoms with van der Waals surface area (Å²) in [5, 5.41) is 10.1. The number of hydrogen-bond acceptors (Lipinski definition) is 4. The molecule has 0 bridgehead atoms. The van der Waals surface area contributed by atoms with Gasteiger partial charge in [-0.15, -0.1) is 0 Å². The summed E-state index contributed by atoms with van der Waals surface area (Å²) in [4.78, 5) is 0.180. The van der Waals surface area contributed by atoms with Crippen molar-refractivity contribution in [2.75, 3.05) is 6.26 Å². The Morgan fingerprint density at radius 3 is 2.43 bits per heavy atom. The third kappa shape index (κ3) is 2.57. The lowest BCUT2D eigenvalue weighted by atomic mass is 10.1. The highest BCUT2D eigenvalue weighted by molar-refractivity contribution is 7.90. The molecule has 0 radical (unpaired) electrons. The number of fused-ring (bicyclic) bond motifs is 1. The quantitative estimate of drug-likeness (QED) is 0.807. The van der Waals surface area contributed by atoms with Crippen molar-refractivity contribution in [3.63, 3.8) is 0 Å². The molecule has 0 atom stereocenters. The fraction of sp³-hybridized carbons (Fsp3) is 0.125. The molecule has 0 saturated carbocycles. The molecular formula is C16H14O4S. The Bertz CT molecular complexity index is 893. The SMILES string of the molecule is CS(=O)(=O)c1cc(CO)c2oc(-c3ccccc3)cc2c1. The highest BCUT2D eigenvalue weighted by atomic mass is 32.2. The number of rotatable bonds is 3. The minimum Gasteiger partial charge on any atom is -0.456 e. The number of aliphatic hydroxyl groups is 1. The van der Waals surface area contributed by atoms with Gasteiger partial charge in [0.1, 0.15) is 11.3 Å². The van der Waals surface area contributed by atoms with E-state index >= 15 is 0 Å². The van der Waals surface area contributed by atoms with Crippen LogP contribution in [0.1, 0.15) is 5.56 Å². The normalized spacial score (nSPS) is 11.9. The molecule has 1 aromatic heterocycles. The van der Waals surface area contributed by atoms with Gasteiger partial charge in [-0.1, -0.05) is 30.3 Å². The van der Waals surface area contributed by atoms with Gasteiger partial charge >= 0.3 is 0 Å². The maximum Gasteiger partial charge on any atom is 0.175 e. The van der Waals surface area contributed by atoms with Gasteiger partial charge in [-0.25, -0.2) is 8.42 Å². The number of benzene rings is 2. The second kappa shape index (κ2) is 5.02. The molecule has 0 fully saturated rings. The Balaban J connectivity index is 2.26. The molecular weight excluding hydrogens is 288 g/mol. The summed E-state index contributed by atoms with van der Waals surface area (Å²) in [5.41, 5.74) is 1.89. The van der Waals surface area contributed by atoms with E-state index in [9.17, 15) is 13.5 Å². The first-order valence-corrected chi connectivity index (χ1v) is 8.31. The molecule has 3 rings (SSSR count). The summed E-state index contributed by atoms with van der Waals surface area (Å²) < 4.78 is 29.2. The molecule has 0 unspecified atom stereocenters. The van der Waals surface area contributed by atoms with Gasteiger partial charge in [-0.05, 0) is 18.2 Å². The first-order valence-electron chi connectivity index (χ1n) is 6.42. The van der Waals surface area contributed by atoms with Crippen LogP contribution in [-0.2, 0) is 16.4 Å². The lowest BCUT2D eigenvalue weighted by Crippen LogP contribution is -1.98. The van der Waals surface area contributed by atoms with Crippen molar-refractivity contribution >= 4 is 20.8 Å². The fourth-order valence-electron chi connectivity index (χ4n) is 2.27. The van der Waals surface area contributed by atoms with Gasteiger partial charge in [0.2, 0.25) is 0 Å². The van der Waals surface area contributed by atoms with E-state index < -0.39 is 9.84 Å². The zero-order valence-corrected chi connectivity index (χ0v) is 12.2. The third-order valence-electron chi connectivity index (χ3n) is 3.32. The number of sulfone groups is 1. The van der Waals surface area contributed by atoms with Gasteiger partial charge in [-0.3, -0.25) is 0 Å². The predicted molar refractivity (Wildman–Crippen MR) is 80.7 cm³/mol. The van der Waals surface area contributed by atoms with E-state index in [1.165, 1.54) is 6.07 Å². The van der Waals surface area contributed by atoms with Crippen LogP contribution in [-0.4, -0.2) is 19.8 Å². The van der Waals surface area contributed by atoms with Crippen LogP contribution in [0.15, 0.2) is 57.8 Å². The molecule has 5 heteroatoms. The van der Waals surface area contributed by atoms with E-state index in [2.05, 4.69) is 0 Å². The summed E-state index contributed by atoms with van der Waals surface area (Å²) in [6.45, 7) is -0.276. The zero-order chi connectivity index (χ0) is 15.0. The molecule has 2 aromatic carbocycles. The molecule has 108 valence electrons. The Morgan fingerprint density at radius 1 is 1.10 bits per heavy atom. The molecule has 1 N–H and O–H groups in total. The molecule has 4 nitrogen and oxygen atoms in total. The van der Waals surface area contributed by atoms with Gasteiger partial charge in [0, 0.05) is 22.8 Å². The van der Waals surface area contributed by atoms with Crippen molar-refractivity contribution in [1.29, 1.82) is 0 Å². The lowest BCUT2D eigenvalue weighted by molar-refractivity contribution is 0.281. The van der Waals surface area contributed by atoms with Crippen LogP contribution in [0.25, 0.3) is 22.3 Å². The lowest BCUT2D eigenvalue weighted by Gasteiger charge is -2.02. The molecule has 0 aliphatic heterocycles. The second-order valence-corrected chi connectivity index (χ2v) is 6.92. The van der Waals surface area contributed by atoms with Crippen molar-refractivity contribution in [3.8, 4) is 11.3 Å². The number of aliphatic hydroxyl groups excluding tert-OH is 1. The number of furan rings is 1. The topological polar surface area (TPSA) is 67.5 Å². The highest BCUT2D eigenvalue weighted by Crippen LogP contribution is 2.32. The third-order valence-corrected chi connectivity index (χ3v) is 4.42. The van der Waals surface area contributed by atoms with Crippen molar-refractivity contribution in [2.24, 2.45) is 0 Å². The van der Waals surface area contributed by atoms with Crippen LogP contribution < -0.4 is 0 Å². The Kier molecular flexibility index (Phi) is 3.31. The first-order chi connectivity index (χ1) is 9.99. The second-order valence-electron chi connectivity index (χ2n) is 4.91. The Hall–Kier alpha value is -2.11. The van der Waals surface area contributed by atoms with Crippen molar-refractivity contribution in [3.05, 3.63) is 54.1 Å². The van der Waals surface area contributed by atoms with Gasteiger partial charge in [0.25, 0.3) is 0 Å². The highest BCUT2D eigenvalue weighted by Gasteiger charge is 2.15. The maximum absolute atomic E-state index is 11.7. The number of hydrogen-bond donors (Lipinski definition) is 1. The van der Waals surface area contributed by atoms with Crippen LogP contribution >= 0.6 is 0 Å². The van der Waals surface area contributed by atoms with Crippen LogP contribution in [0.5, 0.6) is 0 Å². The average molecular weight is 302 g/mol. The van der Waals surface area contributed by atoms with Crippen LogP contribution in [0.4, 0.5) is 0 Å². The molecule has 0 saturated heterocycles. The van der Waals surface area contributed by atoms with Gasteiger partial charge in [-0.2, -0.15) is 0 Å². The molecule has 0 aliphatic rings. The summed E-state index contributed by atoms with van der Waals surface area (Å²) in [6.07, 6.45) is 1.15. The van der Waals surface area contributed by atoms with Crippen LogP contribution in [0.2, 0.25) is 0 Å². The molecule has 3 aromatic rings. The maximum atomic E-state index is 11.7. The van der Waals surface area contributed by atoms with Gasteiger partial charge < -0.3 is 9.52 Å². The monoisotopic (exact) mass is 302 g/mol. The standard InChI is InChI=1S/C16H14O4S/c1-21(18,19)14-7-12-9-15(11-5-3-2-4-6-11)20-16(12)13(8-14)10-17/h2-9,17H,10H2,1H3. The minimum atomic E-state index is -3.34. The first kappa shape index (κ1) is 13.9. The van der Waals surface area contributed by atoms with Crippen LogP contribution in [0.3, 0.4) is 0 Å². The minimum absolute atomic E-state index is 0.180. The predicted octanol–water partition coefficient (Wildman–Crippen LogP) is 3.00. The zero-order valence-electron chi connectivity index (χ0n) is 11.4. The molecule has 0 amide bonds. The largest absolute Gasteiger partial charge is 0.456 e. The summed E-state index contributed by atoms with van der Waals surface area (Å²) in [5.74, 6) is 0.644. The van der Waals surface area contributed by atoms with Gasteiger partial charge in [0.05, 0.1) is 11.5 Å². The molecule has 21 heavy (non-hydrogen) atoms. The van der Waals surface area contributed by atoms with E-state index in [1.54, 1.807) is 12.1 Å². The van der Waals surface area contributed by atoms with E-state index in [-0.39, 0.29) is 11.5 Å². The summed E-state index contributed by atoms with van der Waals surface area (Å²) >= 11 is 0. The Morgan fingerprint density at radius 2 is 1.81 bits per heavy atom. The Labute approximate surface area is 122 Å². The van der Waals surface area contributed by atoms with Gasteiger partial charge in [0.15, 0.2) is 9.84 Å². The van der Waals surface area contributed by atoms with E-state index in [1.807, 2.05) is 30.3 Å². The van der Waals surface area contributed by atoms with E-state index in [4.69, 9.17) is 4.42 Å². The van der Waals surface area contributed by atoms with Crippen molar-refractivity contribution in [2.45, 2.75) is 11.5 Å². The summed E-state index contributed by atoms with van der Waals surface area (Å²) in [7, 11) is -3.34. The van der Waals surface area contributed by atoms with Crippen molar-refractivity contribution in [1.82, 2.24) is 0 Å². The molecule has 1 heterocycles. The molecule has 0 spiro atoms.